The minimum absolute atomic E-state index is 0.0722. The number of carbonyl (C=O) groups excluding carboxylic acids is 1. The van der Waals surface area contributed by atoms with Crippen LogP contribution in [0.15, 0.2) is 24.3 Å². The van der Waals surface area contributed by atoms with Gasteiger partial charge in [0.2, 0.25) is 0 Å². The summed E-state index contributed by atoms with van der Waals surface area (Å²) >= 11 is 0. The molecule has 0 saturated carbocycles. The lowest BCUT2D eigenvalue weighted by atomic mass is 10.3. The quantitative estimate of drug-likeness (QED) is 0.0613. The summed E-state index contributed by atoms with van der Waals surface area (Å²) in [6.45, 7) is 10.3. The highest BCUT2D eigenvalue weighted by molar-refractivity contribution is 5.70. The van der Waals surface area contributed by atoms with Crippen molar-refractivity contribution in [2.24, 2.45) is 0 Å². The van der Waals surface area contributed by atoms with Crippen molar-refractivity contribution in [3.8, 4) is 5.75 Å². The van der Waals surface area contributed by atoms with Crippen molar-refractivity contribution in [1.82, 2.24) is 0 Å². The Morgan fingerprint density at radius 3 is 1.04 bits per heavy atom. The minimum Gasteiger partial charge on any atom is -0.489 e. The third-order valence-corrected chi connectivity index (χ3v) is 5.57. The SMILES string of the molecule is COC(=O)COCCOCCOCCOCCOCCOCCOCCOCCOCCOCCOCCOc1ccccc1N. The molecule has 0 radical (unpaired) electrons. The number of hydrogen-bond acceptors (Lipinski definition) is 15. The number of nitrogens with two attached hydrogens (primary N) is 1. The van der Waals surface area contributed by atoms with Gasteiger partial charge in [-0.25, -0.2) is 4.79 Å². The van der Waals surface area contributed by atoms with Gasteiger partial charge in [-0.3, -0.25) is 0 Å². The molecule has 1 aromatic rings. The number of benzene rings is 1. The lowest BCUT2D eigenvalue weighted by Crippen LogP contribution is -2.16. The van der Waals surface area contributed by atoms with Gasteiger partial charge in [0, 0.05) is 0 Å². The highest BCUT2D eigenvalue weighted by atomic mass is 16.6. The summed E-state index contributed by atoms with van der Waals surface area (Å²) in [7, 11) is 1.31. The number of hydrogen-bond donors (Lipinski definition) is 1. The lowest BCUT2D eigenvalue weighted by molar-refractivity contribution is -0.146. The zero-order valence-corrected chi connectivity index (χ0v) is 27.4. The summed E-state index contributed by atoms with van der Waals surface area (Å²) in [5, 5.41) is 0. The van der Waals surface area contributed by atoms with Crippen LogP contribution in [-0.2, 0) is 61.6 Å². The van der Waals surface area contributed by atoms with E-state index in [0.717, 1.165) is 0 Å². The molecule has 46 heavy (non-hydrogen) atoms. The molecule has 0 atom stereocenters. The van der Waals surface area contributed by atoms with Crippen molar-refractivity contribution in [1.29, 1.82) is 0 Å². The van der Waals surface area contributed by atoms with Gasteiger partial charge in [-0.05, 0) is 12.1 Å². The maximum absolute atomic E-state index is 10.9. The van der Waals surface area contributed by atoms with E-state index in [-0.39, 0.29) is 6.61 Å². The number of nitrogen functional groups attached to an aromatic ring is 1. The number of anilines is 1. The molecule has 2 N–H and O–H groups in total. The zero-order chi connectivity index (χ0) is 33.0. The van der Waals surface area contributed by atoms with Gasteiger partial charge in [-0.2, -0.15) is 0 Å². The molecule has 15 nitrogen and oxygen atoms in total. The molecular weight excluding hydrogens is 610 g/mol. The molecule has 0 fully saturated rings. The van der Waals surface area contributed by atoms with Gasteiger partial charge in [0.15, 0.2) is 0 Å². The maximum atomic E-state index is 10.9. The van der Waals surface area contributed by atoms with Crippen LogP contribution in [0.2, 0.25) is 0 Å². The fourth-order valence-electron chi connectivity index (χ4n) is 3.24. The molecule has 0 unspecified atom stereocenters. The van der Waals surface area contributed by atoms with E-state index >= 15 is 0 Å². The second-order valence-electron chi connectivity index (χ2n) is 9.14. The molecule has 15 heteroatoms. The Bertz CT molecular complexity index is 791. The first-order chi connectivity index (χ1) is 22.7. The van der Waals surface area contributed by atoms with Gasteiger partial charge in [0.1, 0.15) is 19.0 Å². The van der Waals surface area contributed by atoms with Crippen LogP contribution in [0.25, 0.3) is 0 Å². The van der Waals surface area contributed by atoms with Crippen LogP contribution in [0, 0.1) is 0 Å². The van der Waals surface area contributed by atoms with Crippen LogP contribution in [0.5, 0.6) is 5.75 Å². The average Bonchev–Trinajstić information content (AvgIpc) is 3.07. The van der Waals surface area contributed by atoms with E-state index in [1.165, 1.54) is 7.11 Å². The van der Waals surface area contributed by atoms with Gasteiger partial charge in [0.05, 0.1) is 152 Å². The highest BCUT2D eigenvalue weighted by Crippen LogP contribution is 2.19. The number of esters is 1. The smallest absolute Gasteiger partial charge is 0.331 e. The minimum atomic E-state index is -0.409. The number of carbonyl (C=O) groups is 1. The Hall–Kier alpha value is -2.15. The summed E-state index contributed by atoms with van der Waals surface area (Å²) in [6, 6.07) is 7.36. The third kappa shape index (κ3) is 29.3. The molecule has 0 bridgehead atoms. The molecule has 0 aliphatic heterocycles. The van der Waals surface area contributed by atoms with E-state index in [0.29, 0.717) is 157 Å². The number of methoxy groups -OCH3 is 1. The van der Waals surface area contributed by atoms with Crippen molar-refractivity contribution < 1.29 is 66.4 Å². The molecule has 0 aromatic heterocycles. The van der Waals surface area contributed by atoms with Crippen molar-refractivity contribution >= 4 is 11.7 Å². The largest absolute Gasteiger partial charge is 0.489 e. The fourth-order valence-corrected chi connectivity index (χ4v) is 3.24. The topological polar surface area (TPSA) is 163 Å². The van der Waals surface area contributed by atoms with Crippen molar-refractivity contribution in [3.63, 3.8) is 0 Å². The van der Waals surface area contributed by atoms with Gasteiger partial charge in [-0.1, -0.05) is 12.1 Å². The van der Waals surface area contributed by atoms with Gasteiger partial charge >= 0.3 is 5.97 Å². The molecule has 0 aliphatic carbocycles. The predicted molar refractivity (Wildman–Crippen MR) is 167 cm³/mol. The molecule has 1 aromatic carbocycles. The van der Waals surface area contributed by atoms with E-state index in [9.17, 15) is 4.79 Å². The third-order valence-electron chi connectivity index (χ3n) is 5.57. The van der Waals surface area contributed by atoms with E-state index < -0.39 is 5.97 Å². The van der Waals surface area contributed by atoms with E-state index in [4.69, 9.17) is 62.6 Å². The number of ether oxygens (including phenoxy) is 13. The maximum Gasteiger partial charge on any atom is 0.331 e. The molecule has 0 aliphatic rings. The molecule has 0 heterocycles. The molecule has 0 spiro atoms. The van der Waals surface area contributed by atoms with Gasteiger partial charge < -0.3 is 67.3 Å². The first-order valence-electron chi connectivity index (χ1n) is 15.6. The normalized spacial score (nSPS) is 11.2. The summed E-state index contributed by atoms with van der Waals surface area (Å²) in [6.07, 6.45) is 0. The summed E-state index contributed by atoms with van der Waals surface area (Å²) in [5.74, 6) is 0.255. The van der Waals surface area contributed by atoms with E-state index in [2.05, 4.69) is 4.74 Å². The van der Waals surface area contributed by atoms with Crippen LogP contribution in [0.3, 0.4) is 0 Å². The second-order valence-corrected chi connectivity index (χ2v) is 9.14. The standard InChI is InChI=1S/C31H55NO14/c1-34-31(33)28-45-25-24-43-21-20-41-17-16-39-13-12-37-9-8-35-6-7-36-10-11-38-14-15-40-18-19-42-22-23-44-26-27-46-30-5-3-2-4-29(30)32/h2-5H,6-28,32H2,1H3. The van der Waals surface area contributed by atoms with Crippen molar-refractivity contribution in [3.05, 3.63) is 24.3 Å². The van der Waals surface area contributed by atoms with Crippen LogP contribution in [-0.4, -0.2) is 165 Å². The van der Waals surface area contributed by atoms with Crippen LogP contribution >= 0.6 is 0 Å². The second kappa shape index (κ2) is 34.2. The molecule has 0 amide bonds. The van der Waals surface area contributed by atoms with Gasteiger partial charge in [-0.15, -0.1) is 0 Å². The lowest BCUT2D eigenvalue weighted by Gasteiger charge is -2.09. The first kappa shape index (κ1) is 41.9. The average molecular weight is 666 g/mol. The van der Waals surface area contributed by atoms with Gasteiger partial charge in [0.25, 0.3) is 0 Å². The number of para-hydroxylation sites is 2. The van der Waals surface area contributed by atoms with Crippen molar-refractivity contribution in [2.75, 3.05) is 165 Å². The number of rotatable bonds is 36. The highest BCUT2D eigenvalue weighted by Gasteiger charge is 2.00. The fraction of sp³-hybridized carbons (Fsp3) is 0.774. The summed E-state index contributed by atoms with van der Waals surface area (Å²) < 4.78 is 69.5. The Balaban J connectivity index is 1.63. The molecule has 1 rings (SSSR count). The molecule has 0 saturated heterocycles. The van der Waals surface area contributed by atoms with E-state index in [1.54, 1.807) is 6.07 Å². The Morgan fingerprint density at radius 1 is 0.457 bits per heavy atom. The first-order valence-corrected chi connectivity index (χ1v) is 15.6. The zero-order valence-electron chi connectivity index (χ0n) is 27.4. The molecule has 268 valence electrons. The predicted octanol–water partition coefficient (Wildman–Crippen LogP) is 1.00. The molecular formula is C31H55NO14. The Morgan fingerprint density at radius 2 is 0.739 bits per heavy atom. The summed E-state index contributed by atoms with van der Waals surface area (Å²) in [5.41, 5.74) is 6.43. The monoisotopic (exact) mass is 665 g/mol. The summed E-state index contributed by atoms with van der Waals surface area (Å²) in [4.78, 5) is 10.9. The Kier molecular flexibility index (Phi) is 31.1. The van der Waals surface area contributed by atoms with Crippen molar-refractivity contribution in [2.45, 2.75) is 0 Å². The van der Waals surface area contributed by atoms with Crippen LogP contribution < -0.4 is 10.5 Å². The Labute approximate surface area is 273 Å². The van der Waals surface area contributed by atoms with Crippen LogP contribution in [0.1, 0.15) is 0 Å². The van der Waals surface area contributed by atoms with Crippen LogP contribution in [0.4, 0.5) is 5.69 Å². The van der Waals surface area contributed by atoms with E-state index in [1.807, 2.05) is 18.2 Å².